The Morgan fingerprint density at radius 3 is 2.74 bits per heavy atom. The van der Waals surface area contributed by atoms with Crippen LogP contribution in [0.5, 0.6) is 0 Å². The minimum Gasteiger partial charge on any atom is -0.296 e. The molecule has 0 aromatic heterocycles. The Hall–Kier alpha value is -0.690. The standard InChI is InChI=1S/C13H15F2NO2S/c14-13(15)10-7-16(6-9-4-2-1-3-5-9)8-11-12(10)18-19-17-11/h1-5,10-13H,6-8H2/t10?,11?,12-/m1/s1. The molecule has 2 aliphatic heterocycles. The molecule has 2 aliphatic rings. The molecule has 3 atom stereocenters. The number of fused-ring (bicyclic) bond motifs is 1. The minimum absolute atomic E-state index is 0.263. The highest BCUT2D eigenvalue weighted by molar-refractivity contribution is 7.90. The van der Waals surface area contributed by atoms with Crippen LogP contribution in [0.1, 0.15) is 5.56 Å². The average molecular weight is 287 g/mol. The van der Waals surface area contributed by atoms with E-state index in [1.54, 1.807) is 0 Å². The van der Waals surface area contributed by atoms with Gasteiger partial charge in [-0.2, -0.15) is 0 Å². The highest BCUT2D eigenvalue weighted by atomic mass is 32.2. The molecular formula is C13H15F2NO2S. The lowest BCUT2D eigenvalue weighted by molar-refractivity contribution is -0.0636. The normalized spacial score (nSPS) is 31.6. The van der Waals surface area contributed by atoms with Gasteiger partial charge in [-0.05, 0) is 5.56 Å². The molecular weight excluding hydrogens is 272 g/mol. The van der Waals surface area contributed by atoms with Crippen LogP contribution in [-0.2, 0) is 14.9 Å². The second kappa shape index (κ2) is 5.75. The molecule has 0 saturated carbocycles. The molecule has 0 radical (unpaired) electrons. The maximum absolute atomic E-state index is 13.1. The number of nitrogens with zero attached hydrogens (tertiary/aromatic N) is 1. The van der Waals surface area contributed by atoms with E-state index >= 15 is 0 Å². The molecule has 2 heterocycles. The van der Waals surface area contributed by atoms with Gasteiger partial charge in [-0.15, -0.1) is 0 Å². The fourth-order valence-electron chi connectivity index (χ4n) is 2.64. The van der Waals surface area contributed by atoms with Crippen LogP contribution >= 0.6 is 12.3 Å². The summed E-state index contributed by atoms with van der Waals surface area (Å²) in [5.74, 6) is -0.780. The number of benzene rings is 1. The van der Waals surface area contributed by atoms with E-state index in [4.69, 9.17) is 8.37 Å². The Morgan fingerprint density at radius 2 is 2.00 bits per heavy atom. The van der Waals surface area contributed by atoms with E-state index in [9.17, 15) is 8.78 Å². The van der Waals surface area contributed by atoms with E-state index in [-0.39, 0.29) is 6.10 Å². The van der Waals surface area contributed by atoms with E-state index in [0.29, 0.717) is 19.6 Å². The summed E-state index contributed by atoms with van der Waals surface area (Å²) >= 11 is 0.849. The van der Waals surface area contributed by atoms with Gasteiger partial charge in [0.15, 0.2) is 12.3 Å². The van der Waals surface area contributed by atoms with Crippen LogP contribution in [0.2, 0.25) is 0 Å². The largest absolute Gasteiger partial charge is 0.296 e. The van der Waals surface area contributed by atoms with Crippen molar-refractivity contribution >= 4 is 12.3 Å². The molecule has 0 bridgehead atoms. The lowest BCUT2D eigenvalue weighted by Gasteiger charge is -2.37. The van der Waals surface area contributed by atoms with Crippen molar-refractivity contribution in [3.05, 3.63) is 35.9 Å². The van der Waals surface area contributed by atoms with Gasteiger partial charge >= 0.3 is 0 Å². The van der Waals surface area contributed by atoms with Crippen molar-refractivity contribution in [2.24, 2.45) is 5.92 Å². The number of hydrogen-bond acceptors (Lipinski definition) is 4. The highest BCUT2D eigenvalue weighted by Gasteiger charge is 2.46. The SMILES string of the molecule is FC(F)C1CN(Cc2ccccc2)CC2OSO[C@@H]21. The maximum atomic E-state index is 13.1. The van der Waals surface area contributed by atoms with Gasteiger partial charge < -0.3 is 0 Å². The van der Waals surface area contributed by atoms with Gasteiger partial charge in [0.05, 0.1) is 5.92 Å². The molecule has 1 aromatic carbocycles. The van der Waals surface area contributed by atoms with Crippen molar-refractivity contribution in [3.63, 3.8) is 0 Å². The summed E-state index contributed by atoms with van der Waals surface area (Å²) in [6, 6.07) is 9.87. The maximum Gasteiger partial charge on any atom is 0.245 e. The van der Waals surface area contributed by atoms with Crippen LogP contribution in [0.3, 0.4) is 0 Å². The molecule has 6 heteroatoms. The number of alkyl halides is 2. The summed E-state index contributed by atoms with van der Waals surface area (Å²) in [5, 5.41) is 0. The van der Waals surface area contributed by atoms with E-state index < -0.39 is 18.4 Å². The first-order valence-corrected chi connectivity index (χ1v) is 6.94. The van der Waals surface area contributed by atoms with Gasteiger partial charge in [-0.1, -0.05) is 30.3 Å². The Balaban J connectivity index is 1.70. The number of rotatable bonds is 3. The van der Waals surface area contributed by atoms with E-state index in [1.165, 1.54) is 0 Å². The van der Waals surface area contributed by atoms with E-state index in [2.05, 4.69) is 0 Å². The second-order valence-corrected chi connectivity index (χ2v) is 5.46. The van der Waals surface area contributed by atoms with Crippen LogP contribution in [0.4, 0.5) is 8.78 Å². The van der Waals surface area contributed by atoms with Crippen molar-refractivity contribution in [2.45, 2.75) is 25.2 Å². The Morgan fingerprint density at radius 1 is 1.21 bits per heavy atom. The summed E-state index contributed by atoms with van der Waals surface area (Å²) in [6.07, 6.45) is -3.13. The van der Waals surface area contributed by atoms with Crippen LogP contribution in [0, 0.1) is 5.92 Å². The van der Waals surface area contributed by atoms with Crippen molar-refractivity contribution < 1.29 is 17.1 Å². The van der Waals surface area contributed by atoms with Crippen LogP contribution < -0.4 is 0 Å². The van der Waals surface area contributed by atoms with Crippen LogP contribution in [-0.4, -0.2) is 36.6 Å². The van der Waals surface area contributed by atoms with Crippen molar-refractivity contribution in [2.75, 3.05) is 13.1 Å². The first-order valence-electron chi connectivity index (χ1n) is 6.27. The quantitative estimate of drug-likeness (QED) is 0.797. The van der Waals surface area contributed by atoms with Gasteiger partial charge in [-0.3, -0.25) is 13.3 Å². The van der Waals surface area contributed by atoms with Crippen LogP contribution in [0.25, 0.3) is 0 Å². The molecule has 19 heavy (non-hydrogen) atoms. The van der Waals surface area contributed by atoms with E-state index in [1.807, 2.05) is 35.2 Å². The molecule has 2 fully saturated rings. The number of hydrogen-bond donors (Lipinski definition) is 0. The summed E-state index contributed by atoms with van der Waals surface area (Å²) in [6.45, 7) is 1.65. The fourth-order valence-corrected chi connectivity index (χ4v) is 3.32. The molecule has 0 aliphatic carbocycles. The number of likely N-dealkylation sites (tertiary alicyclic amines) is 1. The lowest BCUT2D eigenvalue weighted by Crippen LogP contribution is -2.52. The van der Waals surface area contributed by atoms with Crippen LogP contribution in [0.15, 0.2) is 30.3 Å². The molecule has 1 aromatic rings. The summed E-state index contributed by atoms with van der Waals surface area (Å²) in [7, 11) is 0. The Bertz CT molecular complexity index is 420. The molecule has 0 spiro atoms. The minimum atomic E-state index is -2.38. The monoisotopic (exact) mass is 287 g/mol. The van der Waals surface area contributed by atoms with Gasteiger partial charge in [0, 0.05) is 19.6 Å². The summed E-state index contributed by atoms with van der Waals surface area (Å²) in [4.78, 5) is 2.02. The molecule has 3 rings (SSSR count). The predicted octanol–water partition coefficient (Wildman–Crippen LogP) is 2.73. The Labute approximate surface area is 115 Å². The zero-order valence-electron chi connectivity index (χ0n) is 10.2. The molecule has 0 N–H and O–H groups in total. The molecule has 0 amide bonds. The average Bonchev–Trinajstić information content (AvgIpc) is 2.87. The fraction of sp³-hybridized carbons (Fsp3) is 0.538. The number of halogens is 2. The summed E-state index contributed by atoms with van der Waals surface area (Å²) in [5.41, 5.74) is 1.13. The molecule has 2 unspecified atom stereocenters. The highest BCUT2D eigenvalue weighted by Crippen LogP contribution is 2.37. The van der Waals surface area contributed by atoms with Gasteiger partial charge in [0.2, 0.25) is 6.43 Å². The third-order valence-corrected chi connectivity index (χ3v) is 4.21. The first kappa shape index (κ1) is 13.3. The van der Waals surface area contributed by atoms with E-state index in [0.717, 1.165) is 17.9 Å². The second-order valence-electron chi connectivity index (χ2n) is 4.94. The van der Waals surface area contributed by atoms with Crippen molar-refractivity contribution in [1.29, 1.82) is 0 Å². The zero-order valence-corrected chi connectivity index (χ0v) is 11.1. The smallest absolute Gasteiger partial charge is 0.245 e. The number of piperidine rings is 1. The topological polar surface area (TPSA) is 21.7 Å². The first-order chi connectivity index (χ1) is 9.24. The summed E-state index contributed by atoms with van der Waals surface area (Å²) < 4.78 is 36.7. The lowest BCUT2D eigenvalue weighted by atomic mass is 9.92. The Kier molecular flexibility index (Phi) is 4.02. The zero-order chi connectivity index (χ0) is 13.2. The molecule has 2 saturated heterocycles. The third kappa shape index (κ3) is 2.91. The molecule has 3 nitrogen and oxygen atoms in total. The van der Waals surface area contributed by atoms with Gasteiger partial charge in [0.1, 0.15) is 12.2 Å². The predicted molar refractivity (Wildman–Crippen MR) is 68.6 cm³/mol. The third-order valence-electron chi connectivity index (χ3n) is 3.58. The van der Waals surface area contributed by atoms with Crippen molar-refractivity contribution in [1.82, 2.24) is 4.90 Å². The van der Waals surface area contributed by atoms with Gasteiger partial charge in [0.25, 0.3) is 0 Å². The van der Waals surface area contributed by atoms with Gasteiger partial charge in [-0.25, -0.2) is 8.78 Å². The van der Waals surface area contributed by atoms with Crippen molar-refractivity contribution in [3.8, 4) is 0 Å². The molecule has 104 valence electrons.